The van der Waals surface area contributed by atoms with E-state index in [-0.39, 0.29) is 24.5 Å². The fourth-order valence-electron chi connectivity index (χ4n) is 2.53. The molecule has 2 unspecified atom stereocenters. The molecule has 6 heteroatoms. The molecule has 0 bridgehead atoms. The lowest BCUT2D eigenvalue weighted by Gasteiger charge is -2.33. The quantitative estimate of drug-likeness (QED) is 0.873. The second-order valence-corrected chi connectivity index (χ2v) is 4.88. The largest absolute Gasteiger partial charge is 0.375 e. The van der Waals surface area contributed by atoms with E-state index in [1.54, 1.807) is 6.07 Å². The van der Waals surface area contributed by atoms with Crippen molar-refractivity contribution in [2.24, 2.45) is 0 Å². The van der Waals surface area contributed by atoms with Crippen LogP contribution in [0.3, 0.4) is 0 Å². The number of carbonyl (C=O) groups is 1. The molecule has 1 fully saturated rings. The number of ether oxygens (including phenoxy) is 1. The first-order chi connectivity index (χ1) is 9.61. The summed E-state index contributed by atoms with van der Waals surface area (Å²) in [6.45, 7) is 1.36. The summed E-state index contributed by atoms with van der Waals surface area (Å²) in [6, 6.07) is 3.75. The Morgan fingerprint density at radius 2 is 2.25 bits per heavy atom. The van der Waals surface area contributed by atoms with E-state index >= 15 is 0 Å². The van der Waals surface area contributed by atoms with Gasteiger partial charge in [-0.25, -0.2) is 8.78 Å². The van der Waals surface area contributed by atoms with Crippen LogP contribution < -0.4 is 10.6 Å². The van der Waals surface area contributed by atoms with Crippen molar-refractivity contribution in [3.05, 3.63) is 35.4 Å². The summed E-state index contributed by atoms with van der Waals surface area (Å²) in [5.74, 6) is -1.97. The zero-order valence-electron chi connectivity index (χ0n) is 11.3. The van der Waals surface area contributed by atoms with Crippen molar-refractivity contribution < 1.29 is 18.3 Å². The summed E-state index contributed by atoms with van der Waals surface area (Å²) in [7, 11) is 1.45. The Morgan fingerprint density at radius 1 is 1.45 bits per heavy atom. The standard InChI is InChI=1S/C14H18F2N2O2/c1-20-8-14(19)18-13-7-17-5-4-10(13)9-2-3-11(15)12(16)6-9/h2-3,6,10,13,17H,4-5,7-8H2,1H3,(H,18,19). The van der Waals surface area contributed by atoms with Gasteiger partial charge in [-0.15, -0.1) is 0 Å². The number of hydrogen-bond donors (Lipinski definition) is 2. The number of nitrogens with one attached hydrogen (secondary N) is 2. The van der Waals surface area contributed by atoms with E-state index in [0.717, 1.165) is 19.0 Å². The first kappa shape index (κ1) is 14.9. The molecule has 1 aromatic carbocycles. The molecule has 0 saturated carbocycles. The molecule has 0 radical (unpaired) electrons. The second-order valence-electron chi connectivity index (χ2n) is 4.88. The van der Waals surface area contributed by atoms with Gasteiger partial charge >= 0.3 is 0 Å². The van der Waals surface area contributed by atoms with E-state index in [0.29, 0.717) is 12.1 Å². The van der Waals surface area contributed by atoms with Crippen molar-refractivity contribution in [3.8, 4) is 0 Å². The number of hydrogen-bond acceptors (Lipinski definition) is 3. The number of halogens is 2. The van der Waals surface area contributed by atoms with Crippen LogP contribution in [-0.2, 0) is 9.53 Å². The van der Waals surface area contributed by atoms with Gasteiger partial charge in [-0.05, 0) is 30.7 Å². The maximum Gasteiger partial charge on any atom is 0.246 e. The summed E-state index contributed by atoms with van der Waals surface area (Å²) < 4.78 is 31.1. The molecule has 2 N–H and O–H groups in total. The fraction of sp³-hybridized carbons (Fsp3) is 0.500. The molecule has 2 rings (SSSR count). The third kappa shape index (κ3) is 3.52. The molecule has 1 amide bonds. The molecule has 1 heterocycles. The average molecular weight is 284 g/mol. The van der Waals surface area contributed by atoms with Gasteiger partial charge in [0.25, 0.3) is 0 Å². The highest BCUT2D eigenvalue weighted by Gasteiger charge is 2.28. The Hall–Kier alpha value is -1.53. The third-order valence-electron chi connectivity index (χ3n) is 3.48. The van der Waals surface area contributed by atoms with Gasteiger partial charge < -0.3 is 15.4 Å². The highest BCUT2D eigenvalue weighted by molar-refractivity contribution is 5.77. The summed E-state index contributed by atoms with van der Waals surface area (Å²) >= 11 is 0. The van der Waals surface area contributed by atoms with Crippen LogP contribution in [0, 0.1) is 11.6 Å². The van der Waals surface area contributed by atoms with Crippen LogP contribution in [0.1, 0.15) is 17.9 Å². The molecule has 0 aromatic heterocycles. The van der Waals surface area contributed by atoms with Gasteiger partial charge in [0, 0.05) is 25.6 Å². The van der Waals surface area contributed by atoms with Crippen LogP contribution in [0.2, 0.25) is 0 Å². The number of amides is 1. The maximum atomic E-state index is 13.3. The van der Waals surface area contributed by atoms with Crippen LogP contribution in [0.5, 0.6) is 0 Å². The van der Waals surface area contributed by atoms with Gasteiger partial charge in [0.1, 0.15) is 6.61 Å². The predicted octanol–water partition coefficient (Wildman–Crippen LogP) is 1.17. The monoisotopic (exact) mass is 284 g/mol. The molecule has 2 atom stereocenters. The minimum Gasteiger partial charge on any atom is -0.375 e. The normalized spacial score (nSPS) is 22.6. The molecule has 0 spiro atoms. The molecule has 110 valence electrons. The fourth-order valence-corrected chi connectivity index (χ4v) is 2.53. The number of piperidine rings is 1. The highest BCUT2D eigenvalue weighted by Crippen LogP contribution is 2.26. The zero-order valence-corrected chi connectivity index (χ0v) is 11.3. The average Bonchev–Trinajstić information content (AvgIpc) is 2.43. The highest BCUT2D eigenvalue weighted by atomic mass is 19.2. The minimum atomic E-state index is -0.859. The van der Waals surface area contributed by atoms with Crippen molar-refractivity contribution in [2.75, 3.05) is 26.8 Å². The molecular formula is C14H18F2N2O2. The van der Waals surface area contributed by atoms with Crippen molar-refractivity contribution in [2.45, 2.75) is 18.4 Å². The van der Waals surface area contributed by atoms with Crippen LogP contribution in [0.4, 0.5) is 8.78 Å². The van der Waals surface area contributed by atoms with Gasteiger partial charge in [0.15, 0.2) is 11.6 Å². The molecule has 1 aliphatic heterocycles. The van der Waals surface area contributed by atoms with Crippen molar-refractivity contribution >= 4 is 5.91 Å². The lowest BCUT2D eigenvalue weighted by Crippen LogP contribution is -2.50. The molecule has 1 aliphatic rings. The Balaban J connectivity index is 2.13. The van der Waals surface area contributed by atoms with E-state index in [4.69, 9.17) is 4.74 Å². The van der Waals surface area contributed by atoms with Crippen molar-refractivity contribution in [1.29, 1.82) is 0 Å². The number of methoxy groups -OCH3 is 1. The molecular weight excluding hydrogens is 266 g/mol. The van der Waals surface area contributed by atoms with Crippen LogP contribution in [0.15, 0.2) is 18.2 Å². The van der Waals surface area contributed by atoms with Crippen molar-refractivity contribution in [3.63, 3.8) is 0 Å². The number of rotatable bonds is 4. The Kier molecular flexibility index (Phi) is 5.03. The number of carbonyl (C=O) groups excluding carboxylic acids is 1. The summed E-state index contributed by atoms with van der Waals surface area (Å²) in [6.07, 6.45) is 0.753. The van der Waals surface area contributed by atoms with Crippen LogP contribution >= 0.6 is 0 Å². The minimum absolute atomic E-state index is 0.0129. The Bertz CT molecular complexity index is 482. The molecule has 20 heavy (non-hydrogen) atoms. The van der Waals surface area contributed by atoms with Gasteiger partial charge in [-0.1, -0.05) is 6.07 Å². The summed E-state index contributed by atoms with van der Waals surface area (Å²) in [5, 5.41) is 6.04. The Labute approximate surface area is 116 Å². The molecule has 1 aromatic rings. The first-order valence-electron chi connectivity index (χ1n) is 6.55. The molecule has 4 nitrogen and oxygen atoms in total. The van der Waals surface area contributed by atoms with Crippen LogP contribution in [0.25, 0.3) is 0 Å². The predicted molar refractivity (Wildman–Crippen MR) is 70.4 cm³/mol. The SMILES string of the molecule is COCC(=O)NC1CNCCC1c1ccc(F)c(F)c1. The van der Waals surface area contributed by atoms with Crippen molar-refractivity contribution in [1.82, 2.24) is 10.6 Å². The summed E-state index contributed by atoms with van der Waals surface area (Å²) in [5.41, 5.74) is 0.702. The first-order valence-corrected chi connectivity index (χ1v) is 6.55. The maximum absolute atomic E-state index is 13.3. The van der Waals surface area contributed by atoms with E-state index in [1.165, 1.54) is 13.2 Å². The smallest absolute Gasteiger partial charge is 0.246 e. The molecule has 0 aliphatic carbocycles. The topological polar surface area (TPSA) is 50.4 Å². The van der Waals surface area contributed by atoms with E-state index in [1.807, 2.05) is 0 Å². The lowest BCUT2D eigenvalue weighted by molar-refractivity contribution is -0.125. The Morgan fingerprint density at radius 3 is 2.95 bits per heavy atom. The van der Waals surface area contributed by atoms with Gasteiger partial charge in [0.2, 0.25) is 5.91 Å². The zero-order chi connectivity index (χ0) is 14.5. The van der Waals surface area contributed by atoms with E-state index in [9.17, 15) is 13.6 Å². The van der Waals surface area contributed by atoms with Crippen LogP contribution in [-0.4, -0.2) is 38.8 Å². The third-order valence-corrected chi connectivity index (χ3v) is 3.48. The van der Waals surface area contributed by atoms with Gasteiger partial charge in [-0.3, -0.25) is 4.79 Å². The summed E-state index contributed by atoms with van der Waals surface area (Å²) in [4.78, 5) is 11.6. The van der Waals surface area contributed by atoms with E-state index in [2.05, 4.69) is 10.6 Å². The number of benzene rings is 1. The molecule has 1 saturated heterocycles. The van der Waals surface area contributed by atoms with Gasteiger partial charge in [-0.2, -0.15) is 0 Å². The second kappa shape index (κ2) is 6.76. The lowest BCUT2D eigenvalue weighted by atomic mass is 9.86. The van der Waals surface area contributed by atoms with E-state index < -0.39 is 11.6 Å². The van der Waals surface area contributed by atoms with Gasteiger partial charge in [0.05, 0.1) is 0 Å².